The van der Waals surface area contributed by atoms with Gasteiger partial charge in [-0.15, -0.1) is 0 Å². The molecule has 0 aliphatic carbocycles. The molecule has 12 nitrogen and oxygen atoms in total. The number of phosphoric ester groups is 1. The van der Waals surface area contributed by atoms with E-state index < -0.39 is 32.4 Å². The summed E-state index contributed by atoms with van der Waals surface area (Å²) in [6, 6.07) is 0. The first-order valence-electron chi connectivity index (χ1n) is 8.36. The second-order valence-electron chi connectivity index (χ2n) is 6.23. The molecule has 2 aliphatic heterocycles. The first kappa shape index (κ1) is 18.4. The Hall–Kier alpha value is -1.95. The lowest BCUT2D eigenvalue weighted by molar-refractivity contribution is -0.116. The molecular formula is C14H18N5O7P. The maximum absolute atomic E-state index is 11.9. The molecule has 13 heteroatoms. The number of phosphoric acid groups is 1. The summed E-state index contributed by atoms with van der Waals surface area (Å²) in [5.41, 5.74) is 0.658. The van der Waals surface area contributed by atoms with Gasteiger partial charge >= 0.3 is 7.82 Å². The van der Waals surface area contributed by atoms with Gasteiger partial charge in [0.05, 0.1) is 12.9 Å². The summed E-state index contributed by atoms with van der Waals surface area (Å²) >= 11 is 0. The monoisotopic (exact) mass is 399 g/mol. The molecule has 4 heterocycles. The van der Waals surface area contributed by atoms with Crippen molar-refractivity contribution in [2.75, 3.05) is 11.9 Å². The third-order valence-electron chi connectivity index (χ3n) is 4.33. The van der Waals surface area contributed by atoms with E-state index >= 15 is 0 Å². The molecule has 5 atom stereocenters. The third kappa shape index (κ3) is 3.35. The molecule has 1 amide bonds. The van der Waals surface area contributed by atoms with Crippen molar-refractivity contribution in [3.8, 4) is 0 Å². The van der Waals surface area contributed by atoms with Crippen LogP contribution in [0.1, 0.15) is 26.0 Å². The Balaban J connectivity index is 1.63. The lowest BCUT2D eigenvalue weighted by Gasteiger charge is -2.27. The van der Waals surface area contributed by atoms with Gasteiger partial charge in [-0.25, -0.2) is 19.5 Å². The van der Waals surface area contributed by atoms with Crippen LogP contribution in [0.4, 0.5) is 5.82 Å². The van der Waals surface area contributed by atoms with Gasteiger partial charge in [-0.05, 0) is 6.42 Å². The highest BCUT2D eigenvalue weighted by Crippen LogP contribution is 2.52. The maximum Gasteiger partial charge on any atom is 0.472 e. The van der Waals surface area contributed by atoms with Gasteiger partial charge in [-0.1, -0.05) is 6.92 Å². The highest BCUT2D eigenvalue weighted by atomic mass is 31.2. The molecule has 4 rings (SSSR count). The van der Waals surface area contributed by atoms with Crippen molar-refractivity contribution in [3.63, 3.8) is 0 Å². The molecule has 2 aromatic heterocycles. The minimum atomic E-state index is -4.21. The van der Waals surface area contributed by atoms with Crippen LogP contribution in [0.2, 0.25) is 0 Å². The van der Waals surface area contributed by atoms with Crippen LogP contribution in [0, 0.1) is 0 Å². The number of carbonyl (C=O) groups is 1. The van der Waals surface area contributed by atoms with E-state index in [2.05, 4.69) is 20.3 Å². The number of imidazole rings is 1. The van der Waals surface area contributed by atoms with Crippen LogP contribution >= 0.6 is 7.82 Å². The number of aliphatic hydroxyl groups is 1. The molecule has 1 unspecified atom stereocenters. The minimum absolute atomic E-state index is 0.189. The lowest BCUT2D eigenvalue weighted by Crippen LogP contribution is -2.39. The Bertz CT molecular complexity index is 920. The molecule has 2 aliphatic rings. The summed E-state index contributed by atoms with van der Waals surface area (Å²) in [6.07, 6.45) is -0.262. The number of rotatable bonds is 4. The largest absolute Gasteiger partial charge is 0.472 e. The predicted octanol–water partition coefficient (Wildman–Crippen LogP) is 0.339. The summed E-state index contributed by atoms with van der Waals surface area (Å²) in [5.74, 6) is 0.0565. The van der Waals surface area contributed by atoms with E-state index in [-0.39, 0.29) is 18.3 Å². The minimum Gasteiger partial charge on any atom is -0.386 e. The van der Waals surface area contributed by atoms with E-state index in [1.807, 2.05) is 6.92 Å². The summed E-state index contributed by atoms with van der Waals surface area (Å²) in [4.78, 5) is 33.7. The molecule has 2 fully saturated rings. The van der Waals surface area contributed by atoms with E-state index in [1.54, 1.807) is 0 Å². The molecule has 3 N–H and O–H groups in total. The fraction of sp³-hybridized carbons (Fsp3) is 0.571. The number of amides is 1. The molecule has 27 heavy (non-hydrogen) atoms. The van der Waals surface area contributed by atoms with Crippen LogP contribution in [0.25, 0.3) is 11.2 Å². The van der Waals surface area contributed by atoms with Gasteiger partial charge in [0.15, 0.2) is 23.2 Å². The molecule has 2 aromatic rings. The number of carbonyl (C=O) groups excluding carboxylic acids is 1. The maximum atomic E-state index is 11.9. The van der Waals surface area contributed by atoms with Gasteiger partial charge in [-0.2, -0.15) is 0 Å². The number of ether oxygens (including phenoxy) is 1. The zero-order valence-corrected chi connectivity index (χ0v) is 15.2. The smallest absolute Gasteiger partial charge is 0.386 e. The number of aliphatic hydroxyl groups excluding tert-OH is 1. The standard InChI is InChI=1S/C14H18N5O7P/c1-2-3-8(20)18-12-9-13(16-5-15-12)19(6-17-9)14-10(21)11-7(25-14)4-24-27(22,23)26-11/h5-7,10-11,14,21H,2-4H2,1H3,(H,22,23)(H,15,16,18,20)/t7-,10+,11-,14-/m1/s1. The molecule has 0 aromatic carbocycles. The number of hydrogen-bond acceptors (Lipinski definition) is 9. The first-order valence-corrected chi connectivity index (χ1v) is 9.86. The zero-order valence-electron chi connectivity index (χ0n) is 14.3. The predicted molar refractivity (Wildman–Crippen MR) is 89.4 cm³/mol. The van der Waals surface area contributed by atoms with E-state index in [4.69, 9.17) is 13.8 Å². The summed E-state index contributed by atoms with van der Waals surface area (Å²) in [5, 5.41) is 13.2. The van der Waals surface area contributed by atoms with E-state index in [0.29, 0.717) is 24.0 Å². The van der Waals surface area contributed by atoms with Crippen molar-refractivity contribution in [1.29, 1.82) is 0 Å². The van der Waals surface area contributed by atoms with E-state index in [9.17, 15) is 19.4 Å². The molecule has 0 bridgehead atoms. The Kier molecular flexibility index (Phi) is 4.70. The Morgan fingerprint density at radius 1 is 1.44 bits per heavy atom. The number of aromatic nitrogens is 4. The van der Waals surface area contributed by atoms with Crippen molar-refractivity contribution >= 4 is 30.7 Å². The van der Waals surface area contributed by atoms with Gasteiger partial charge in [0.1, 0.15) is 24.6 Å². The van der Waals surface area contributed by atoms with Crippen molar-refractivity contribution in [2.24, 2.45) is 0 Å². The van der Waals surface area contributed by atoms with E-state index in [1.165, 1.54) is 17.2 Å². The van der Waals surface area contributed by atoms with Gasteiger partial charge in [0.25, 0.3) is 0 Å². The average Bonchev–Trinajstić information content (AvgIpc) is 3.17. The summed E-state index contributed by atoms with van der Waals surface area (Å²) < 4.78 is 28.4. The van der Waals surface area contributed by atoms with Gasteiger partial charge < -0.3 is 20.1 Å². The van der Waals surface area contributed by atoms with Crippen molar-refractivity contribution < 1.29 is 33.1 Å². The first-order chi connectivity index (χ1) is 12.9. The zero-order chi connectivity index (χ0) is 19.2. The molecule has 0 spiro atoms. The van der Waals surface area contributed by atoms with Gasteiger partial charge in [0.2, 0.25) is 5.91 Å². The third-order valence-corrected chi connectivity index (χ3v) is 5.32. The van der Waals surface area contributed by atoms with Crippen molar-refractivity contribution in [2.45, 2.75) is 44.3 Å². The van der Waals surface area contributed by atoms with Crippen LogP contribution in [0.15, 0.2) is 12.7 Å². The van der Waals surface area contributed by atoms with Crippen molar-refractivity contribution in [1.82, 2.24) is 19.5 Å². The lowest BCUT2D eigenvalue weighted by atomic mass is 10.1. The Morgan fingerprint density at radius 2 is 2.26 bits per heavy atom. The van der Waals surface area contributed by atoms with Crippen LogP contribution < -0.4 is 5.32 Å². The molecular weight excluding hydrogens is 381 g/mol. The second-order valence-corrected chi connectivity index (χ2v) is 7.64. The summed E-state index contributed by atoms with van der Waals surface area (Å²) in [6.45, 7) is 1.70. The fourth-order valence-corrected chi connectivity index (χ4v) is 4.08. The Morgan fingerprint density at radius 3 is 3.04 bits per heavy atom. The van der Waals surface area contributed by atoms with Crippen LogP contribution in [0.3, 0.4) is 0 Å². The average molecular weight is 399 g/mol. The quantitative estimate of drug-likeness (QED) is 0.612. The number of anilines is 1. The highest BCUT2D eigenvalue weighted by Gasteiger charge is 2.52. The number of nitrogens with zero attached hydrogens (tertiary/aromatic N) is 4. The normalized spacial score (nSPS) is 33.1. The summed E-state index contributed by atoms with van der Waals surface area (Å²) in [7, 11) is -4.21. The highest BCUT2D eigenvalue weighted by molar-refractivity contribution is 7.47. The molecule has 2 saturated heterocycles. The van der Waals surface area contributed by atoms with Crippen LogP contribution in [0.5, 0.6) is 0 Å². The van der Waals surface area contributed by atoms with Crippen LogP contribution in [-0.4, -0.2) is 60.3 Å². The van der Waals surface area contributed by atoms with Crippen molar-refractivity contribution in [3.05, 3.63) is 12.7 Å². The van der Waals surface area contributed by atoms with Gasteiger partial charge in [0, 0.05) is 6.42 Å². The number of nitrogens with one attached hydrogen (secondary N) is 1. The van der Waals surface area contributed by atoms with E-state index in [0.717, 1.165) is 0 Å². The Labute approximate surface area is 153 Å². The molecule has 0 saturated carbocycles. The second kappa shape index (κ2) is 6.89. The fourth-order valence-electron chi connectivity index (χ4n) is 3.12. The molecule has 146 valence electrons. The topological polar surface area (TPSA) is 158 Å². The number of hydrogen-bond donors (Lipinski definition) is 3. The molecule has 0 radical (unpaired) electrons. The number of fused-ring (bicyclic) bond motifs is 2. The SMILES string of the molecule is CCCC(=O)Nc1ncnc2c1ncn2[C@@H]1O[C@@H]2COP(=O)(O)O[C@H]2[C@@H]1O. The van der Waals surface area contributed by atoms with Gasteiger partial charge in [-0.3, -0.25) is 18.4 Å². The van der Waals surface area contributed by atoms with Crippen LogP contribution in [-0.2, 0) is 23.1 Å².